The quantitative estimate of drug-likeness (QED) is 0.675. The van der Waals surface area contributed by atoms with Crippen LogP contribution in [-0.2, 0) is 0 Å². The van der Waals surface area contributed by atoms with E-state index in [0.29, 0.717) is 5.82 Å². The van der Waals surface area contributed by atoms with Gasteiger partial charge in [0.1, 0.15) is 5.82 Å². The largest absolute Gasteiger partial charge is 0.385 e. The van der Waals surface area contributed by atoms with Crippen LogP contribution >= 0.6 is 15.9 Å². The normalized spacial score (nSPS) is 11.3. The first kappa shape index (κ1) is 9.56. The van der Waals surface area contributed by atoms with Gasteiger partial charge in [-0.2, -0.15) is 0 Å². The molecule has 0 radical (unpaired) electrons. The average Bonchev–Trinajstić information content (AvgIpc) is 1.87. The zero-order valence-electron chi connectivity index (χ0n) is 6.32. The number of hydrogen-bond donors (Lipinski definition) is 2. The van der Waals surface area contributed by atoms with Crippen molar-refractivity contribution < 1.29 is 0 Å². The molecule has 0 rings (SSSR count). The number of allylic oxidation sites excluding steroid dienone is 3. The molecule has 0 unspecified atom stereocenters. The van der Waals surface area contributed by atoms with Crippen LogP contribution in [0.15, 0.2) is 22.0 Å². The topological polar surface area (TPSA) is 52.0 Å². The summed E-state index contributed by atoms with van der Waals surface area (Å²) in [5.74, 6) is 0.335. The van der Waals surface area contributed by atoms with Crippen molar-refractivity contribution >= 4 is 15.9 Å². The minimum Gasteiger partial charge on any atom is -0.385 e. The molecule has 58 valence electrons. The standard InChI is InChI=1S/C7H13BrN2/c1-3-4-5(2)6(8)7(9)10/h4H,3,9-10H2,1-2H3/b5-4-. The van der Waals surface area contributed by atoms with Crippen molar-refractivity contribution in [1.29, 1.82) is 0 Å². The lowest BCUT2D eigenvalue weighted by molar-refractivity contribution is 1.17. The summed E-state index contributed by atoms with van der Waals surface area (Å²) in [5, 5.41) is 0. The molecule has 0 amide bonds. The maximum Gasteiger partial charge on any atom is 0.108 e. The molecule has 0 bridgehead atoms. The van der Waals surface area contributed by atoms with Crippen molar-refractivity contribution in [3.8, 4) is 0 Å². The fraction of sp³-hybridized carbons (Fsp3) is 0.429. The van der Waals surface area contributed by atoms with Crippen LogP contribution in [0.25, 0.3) is 0 Å². The summed E-state index contributed by atoms with van der Waals surface area (Å²) < 4.78 is 0.800. The van der Waals surface area contributed by atoms with Gasteiger partial charge in [-0.05, 0) is 34.8 Å². The molecule has 0 saturated heterocycles. The smallest absolute Gasteiger partial charge is 0.108 e. The summed E-state index contributed by atoms with van der Waals surface area (Å²) in [6.07, 6.45) is 3.05. The van der Waals surface area contributed by atoms with Crippen LogP contribution < -0.4 is 11.5 Å². The van der Waals surface area contributed by atoms with E-state index in [9.17, 15) is 0 Å². The Kier molecular flexibility index (Phi) is 4.19. The minimum atomic E-state index is 0.335. The van der Waals surface area contributed by atoms with E-state index >= 15 is 0 Å². The molecule has 0 aromatic rings. The maximum absolute atomic E-state index is 5.34. The van der Waals surface area contributed by atoms with E-state index in [1.165, 1.54) is 0 Å². The van der Waals surface area contributed by atoms with Crippen molar-refractivity contribution in [3.05, 3.63) is 22.0 Å². The van der Waals surface area contributed by atoms with Gasteiger partial charge in [-0.25, -0.2) is 0 Å². The predicted molar refractivity (Wildman–Crippen MR) is 48.4 cm³/mol. The van der Waals surface area contributed by atoms with E-state index < -0.39 is 0 Å². The van der Waals surface area contributed by atoms with E-state index in [1.54, 1.807) is 0 Å². The first-order valence-electron chi connectivity index (χ1n) is 3.17. The Labute approximate surface area is 70.1 Å². The zero-order chi connectivity index (χ0) is 8.15. The Hall–Kier alpha value is -0.440. The third-order valence-corrected chi connectivity index (χ3v) is 2.19. The fourth-order valence-electron chi connectivity index (χ4n) is 0.623. The second-order valence-corrected chi connectivity index (χ2v) is 2.86. The van der Waals surface area contributed by atoms with Gasteiger partial charge >= 0.3 is 0 Å². The van der Waals surface area contributed by atoms with E-state index in [-0.39, 0.29) is 0 Å². The first-order valence-corrected chi connectivity index (χ1v) is 3.96. The lowest BCUT2D eigenvalue weighted by Gasteiger charge is -1.99. The zero-order valence-corrected chi connectivity index (χ0v) is 7.90. The Bertz CT molecular complexity index is 166. The Morgan fingerprint density at radius 1 is 1.50 bits per heavy atom. The molecule has 0 spiro atoms. The molecule has 10 heavy (non-hydrogen) atoms. The highest BCUT2D eigenvalue weighted by molar-refractivity contribution is 9.12. The van der Waals surface area contributed by atoms with Crippen molar-refractivity contribution in [2.45, 2.75) is 20.3 Å². The molecular formula is C7H13BrN2. The molecule has 0 aliphatic rings. The van der Waals surface area contributed by atoms with Gasteiger partial charge in [0.05, 0.1) is 4.48 Å². The molecule has 0 heterocycles. The van der Waals surface area contributed by atoms with Gasteiger partial charge in [-0.1, -0.05) is 13.0 Å². The lowest BCUT2D eigenvalue weighted by atomic mass is 10.2. The van der Waals surface area contributed by atoms with E-state index in [4.69, 9.17) is 11.5 Å². The van der Waals surface area contributed by atoms with E-state index in [0.717, 1.165) is 16.5 Å². The van der Waals surface area contributed by atoms with E-state index in [2.05, 4.69) is 28.9 Å². The van der Waals surface area contributed by atoms with Crippen LogP contribution in [-0.4, -0.2) is 0 Å². The second-order valence-electron chi connectivity index (χ2n) is 2.06. The molecule has 0 aliphatic heterocycles. The van der Waals surface area contributed by atoms with Gasteiger partial charge in [0.2, 0.25) is 0 Å². The summed E-state index contributed by atoms with van der Waals surface area (Å²) in [5.41, 5.74) is 11.8. The Morgan fingerprint density at radius 3 is 2.30 bits per heavy atom. The van der Waals surface area contributed by atoms with Gasteiger partial charge in [0.25, 0.3) is 0 Å². The summed E-state index contributed by atoms with van der Waals surface area (Å²) in [7, 11) is 0. The highest BCUT2D eigenvalue weighted by Crippen LogP contribution is 2.16. The number of halogens is 1. The van der Waals surface area contributed by atoms with Crippen molar-refractivity contribution in [1.82, 2.24) is 0 Å². The Balaban J connectivity index is 4.36. The molecule has 0 atom stereocenters. The first-order chi connectivity index (χ1) is 4.59. The van der Waals surface area contributed by atoms with Crippen molar-refractivity contribution in [2.75, 3.05) is 0 Å². The summed E-state index contributed by atoms with van der Waals surface area (Å²) in [6.45, 7) is 4.03. The highest BCUT2D eigenvalue weighted by atomic mass is 79.9. The number of rotatable bonds is 2. The van der Waals surface area contributed by atoms with Gasteiger partial charge in [0.15, 0.2) is 0 Å². The van der Waals surface area contributed by atoms with Crippen LogP contribution in [0.5, 0.6) is 0 Å². The van der Waals surface area contributed by atoms with Crippen LogP contribution in [0.3, 0.4) is 0 Å². The summed E-state index contributed by atoms with van der Waals surface area (Å²) in [4.78, 5) is 0. The van der Waals surface area contributed by atoms with Gasteiger partial charge in [0, 0.05) is 0 Å². The van der Waals surface area contributed by atoms with Gasteiger partial charge in [-0.15, -0.1) is 0 Å². The van der Waals surface area contributed by atoms with Gasteiger partial charge in [-0.3, -0.25) is 0 Å². The molecular weight excluding hydrogens is 192 g/mol. The SMILES string of the molecule is CC/C=C(/C)C(Br)=C(N)N. The molecule has 2 nitrogen and oxygen atoms in total. The number of hydrogen-bond acceptors (Lipinski definition) is 2. The van der Waals surface area contributed by atoms with Crippen molar-refractivity contribution in [3.63, 3.8) is 0 Å². The number of nitrogens with two attached hydrogens (primary N) is 2. The molecule has 0 fully saturated rings. The maximum atomic E-state index is 5.34. The molecule has 3 heteroatoms. The van der Waals surface area contributed by atoms with Crippen molar-refractivity contribution in [2.24, 2.45) is 11.5 Å². The van der Waals surface area contributed by atoms with Gasteiger partial charge < -0.3 is 11.5 Å². The van der Waals surface area contributed by atoms with Crippen LogP contribution in [0.2, 0.25) is 0 Å². The molecule has 0 saturated carbocycles. The van der Waals surface area contributed by atoms with Crippen LogP contribution in [0, 0.1) is 0 Å². The monoisotopic (exact) mass is 204 g/mol. The molecule has 4 N–H and O–H groups in total. The Morgan fingerprint density at radius 2 is 2.00 bits per heavy atom. The van der Waals surface area contributed by atoms with Crippen LogP contribution in [0.4, 0.5) is 0 Å². The molecule has 0 aliphatic carbocycles. The molecule has 0 aromatic heterocycles. The summed E-state index contributed by atoms with van der Waals surface area (Å²) >= 11 is 3.27. The minimum absolute atomic E-state index is 0.335. The van der Waals surface area contributed by atoms with E-state index in [1.807, 2.05) is 6.92 Å². The lowest BCUT2D eigenvalue weighted by Crippen LogP contribution is -2.10. The fourth-order valence-corrected chi connectivity index (χ4v) is 0.785. The average molecular weight is 205 g/mol. The van der Waals surface area contributed by atoms with Crippen LogP contribution in [0.1, 0.15) is 20.3 Å². The third-order valence-electron chi connectivity index (χ3n) is 1.11. The summed E-state index contributed by atoms with van der Waals surface area (Å²) in [6, 6.07) is 0. The highest BCUT2D eigenvalue weighted by Gasteiger charge is 1.96. The third kappa shape index (κ3) is 2.92. The molecule has 0 aromatic carbocycles. The predicted octanol–water partition coefficient (Wildman–Crippen LogP) is 1.82. The second kappa shape index (κ2) is 4.39.